The number of aromatic nitrogens is 1. The highest BCUT2D eigenvalue weighted by Crippen LogP contribution is 2.24. The number of methoxy groups -OCH3 is 1. The summed E-state index contributed by atoms with van der Waals surface area (Å²) in [6, 6.07) is 2.11. The Morgan fingerprint density at radius 1 is 1.56 bits per heavy atom. The normalized spacial score (nSPS) is 21.2. The Bertz CT molecular complexity index is 370. The van der Waals surface area contributed by atoms with Crippen LogP contribution >= 0.6 is 15.9 Å². The molecule has 1 fully saturated rings. The van der Waals surface area contributed by atoms with Crippen molar-refractivity contribution in [3.05, 3.63) is 22.3 Å². The molecule has 1 aromatic rings. The predicted molar refractivity (Wildman–Crippen MR) is 68.9 cm³/mol. The number of anilines is 1. The first-order chi connectivity index (χ1) is 7.70. The van der Waals surface area contributed by atoms with Crippen LogP contribution in [0.3, 0.4) is 0 Å². The van der Waals surface area contributed by atoms with Gasteiger partial charge in [0.05, 0.1) is 6.10 Å². The summed E-state index contributed by atoms with van der Waals surface area (Å²) in [6.07, 6.45) is 4.54. The van der Waals surface area contributed by atoms with E-state index in [1.54, 1.807) is 7.11 Å². The third kappa shape index (κ3) is 2.55. The number of ether oxygens (including phenoxy) is 1. The van der Waals surface area contributed by atoms with Gasteiger partial charge in [-0.25, -0.2) is 4.98 Å². The Labute approximate surface area is 105 Å². The Kier molecular flexibility index (Phi) is 3.82. The number of hydrogen-bond donors (Lipinski definition) is 0. The molecule has 0 bridgehead atoms. The maximum absolute atomic E-state index is 5.43. The standard InChI is InChI=1S/C12H17BrN2O/c1-9-6-10(13)7-14-12(9)15-5-3-4-11(8-15)16-2/h6-7,11H,3-5,8H2,1-2H3. The van der Waals surface area contributed by atoms with Gasteiger partial charge in [-0.3, -0.25) is 0 Å². The van der Waals surface area contributed by atoms with Crippen LogP contribution < -0.4 is 4.90 Å². The number of hydrogen-bond acceptors (Lipinski definition) is 3. The first-order valence-corrected chi connectivity index (χ1v) is 6.40. The van der Waals surface area contributed by atoms with Crippen LogP contribution in [0.4, 0.5) is 5.82 Å². The summed E-state index contributed by atoms with van der Waals surface area (Å²) in [7, 11) is 1.79. The zero-order valence-electron chi connectivity index (χ0n) is 9.74. The number of rotatable bonds is 2. The number of nitrogens with zero attached hydrogens (tertiary/aromatic N) is 2. The quantitative estimate of drug-likeness (QED) is 0.835. The predicted octanol–water partition coefficient (Wildman–Crippen LogP) is 2.77. The van der Waals surface area contributed by atoms with Crippen molar-refractivity contribution in [1.82, 2.24) is 4.98 Å². The zero-order valence-corrected chi connectivity index (χ0v) is 11.3. The molecule has 0 radical (unpaired) electrons. The lowest BCUT2D eigenvalue weighted by atomic mass is 10.1. The Hall–Kier alpha value is -0.610. The summed E-state index contributed by atoms with van der Waals surface area (Å²) in [4.78, 5) is 6.81. The maximum Gasteiger partial charge on any atom is 0.131 e. The lowest BCUT2D eigenvalue weighted by molar-refractivity contribution is 0.0891. The number of pyridine rings is 1. The molecule has 16 heavy (non-hydrogen) atoms. The van der Waals surface area contributed by atoms with Crippen LogP contribution in [0.1, 0.15) is 18.4 Å². The van der Waals surface area contributed by atoms with E-state index in [4.69, 9.17) is 4.74 Å². The van der Waals surface area contributed by atoms with Crippen LogP contribution in [0.15, 0.2) is 16.7 Å². The van der Waals surface area contributed by atoms with Crippen molar-refractivity contribution < 1.29 is 4.74 Å². The fraction of sp³-hybridized carbons (Fsp3) is 0.583. The molecule has 0 N–H and O–H groups in total. The molecule has 1 aliphatic heterocycles. The largest absolute Gasteiger partial charge is 0.380 e. The fourth-order valence-corrected chi connectivity index (χ4v) is 2.63. The van der Waals surface area contributed by atoms with Crippen LogP contribution in [0.25, 0.3) is 0 Å². The second-order valence-corrected chi connectivity index (χ2v) is 5.16. The van der Waals surface area contributed by atoms with Crippen molar-refractivity contribution in [3.8, 4) is 0 Å². The summed E-state index contributed by atoms with van der Waals surface area (Å²) in [5.74, 6) is 1.09. The molecule has 0 saturated carbocycles. The van der Waals surface area contributed by atoms with Crippen LogP contribution in [-0.2, 0) is 4.74 Å². The zero-order chi connectivity index (χ0) is 11.5. The van der Waals surface area contributed by atoms with E-state index in [9.17, 15) is 0 Å². The molecule has 1 aromatic heterocycles. The van der Waals surface area contributed by atoms with Crippen molar-refractivity contribution >= 4 is 21.7 Å². The van der Waals surface area contributed by atoms with Gasteiger partial charge in [0.1, 0.15) is 5.82 Å². The summed E-state index contributed by atoms with van der Waals surface area (Å²) >= 11 is 3.44. The molecule has 0 amide bonds. The molecule has 0 aliphatic carbocycles. The Morgan fingerprint density at radius 2 is 2.38 bits per heavy atom. The van der Waals surface area contributed by atoms with Gasteiger partial charge in [-0.15, -0.1) is 0 Å². The smallest absolute Gasteiger partial charge is 0.131 e. The molecule has 2 rings (SSSR count). The van der Waals surface area contributed by atoms with Gasteiger partial charge < -0.3 is 9.64 Å². The molecule has 88 valence electrons. The van der Waals surface area contributed by atoms with E-state index in [1.165, 1.54) is 12.0 Å². The molecule has 1 atom stereocenters. The van der Waals surface area contributed by atoms with Crippen LogP contribution in [0, 0.1) is 6.92 Å². The van der Waals surface area contributed by atoms with Gasteiger partial charge in [0, 0.05) is 30.9 Å². The van der Waals surface area contributed by atoms with Crippen LogP contribution in [0.2, 0.25) is 0 Å². The van der Waals surface area contributed by atoms with Crippen molar-refractivity contribution in [1.29, 1.82) is 0 Å². The van der Waals surface area contributed by atoms with E-state index < -0.39 is 0 Å². The van der Waals surface area contributed by atoms with Gasteiger partial charge in [-0.1, -0.05) is 0 Å². The summed E-state index contributed by atoms with van der Waals surface area (Å²) in [5.41, 5.74) is 1.21. The Balaban J connectivity index is 2.16. The molecule has 1 aliphatic rings. The second kappa shape index (κ2) is 5.15. The van der Waals surface area contributed by atoms with E-state index >= 15 is 0 Å². The van der Waals surface area contributed by atoms with Crippen molar-refractivity contribution in [2.45, 2.75) is 25.9 Å². The summed E-state index contributed by atoms with van der Waals surface area (Å²) in [5, 5.41) is 0. The van der Waals surface area contributed by atoms with Gasteiger partial charge in [0.25, 0.3) is 0 Å². The van der Waals surface area contributed by atoms with Gasteiger partial charge >= 0.3 is 0 Å². The van der Waals surface area contributed by atoms with E-state index in [-0.39, 0.29) is 0 Å². The highest BCUT2D eigenvalue weighted by Gasteiger charge is 2.21. The first kappa shape index (κ1) is 11.9. The van der Waals surface area contributed by atoms with Crippen molar-refractivity contribution in [2.75, 3.05) is 25.1 Å². The van der Waals surface area contributed by atoms with E-state index in [1.807, 2.05) is 6.20 Å². The third-order valence-corrected chi connectivity index (χ3v) is 3.46. The van der Waals surface area contributed by atoms with Crippen molar-refractivity contribution in [3.63, 3.8) is 0 Å². The SMILES string of the molecule is COC1CCCN(c2ncc(Br)cc2C)C1. The van der Waals surface area contributed by atoms with Crippen LogP contribution in [0.5, 0.6) is 0 Å². The average Bonchev–Trinajstić information content (AvgIpc) is 2.29. The van der Waals surface area contributed by atoms with Gasteiger partial charge in [-0.05, 0) is 47.3 Å². The molecule has 0 spiro atoms. The highest BCUT2D eigenvalue weighted by atomic mass is 79.9. The second-order valence-electron chi connectivity index (χ2n) is 4.24. The minimum atomic E-state index is 0.346. The van der Waals surface area contributed by atoms with Gasteiger partial charge in [0.2, 0.25) is 0 Å². The van der Waals surface area contributed by atoms with E-state index in [0.717, 1.165) is 29.8 Å². The molecular weight excluding hydrogens is 268 g/mol. The number of aryl methyl sites for hydroxylation is 1. The number of halogens is 1. The van der Waals surface area contributed by atoms with Gasteiger partial charge in [0.15, 0.2) is 0 Å². The summed E-state index contributed by atoms with van der Waals surface area (Å²) < 4.78 is 6.46. The fourth-order valence-electron chi connectivity index (χ4n) is 2.19. The third-order valence-electron chi connectivity index (χ3n) is 3.03. The Morgan fingerprint density at radius 3 is 3.06 bits per heavy atom. The first-order valence-electron chi connectivity index (χ1n) is 5.60. The lowest BCUT2D eigenvalue weighted by Crippen LogP contribution is -2.40. The molecule has 1 saturated heterocycles. The average molecular weight is 285 g/mol. The van der Waals surface area contributed by atoms with E-state index in [2.05, 4.69) is 38.8 Å². The molecule has 2 heterocycles. The molecule has 3 nitrogen and oxygen atoms in total. The molecular formula is C12H17BrN2O. The monoisotopic (exact) mass is 284 g/mol. The topological polar surface area (TPSA) is 25.4 Å². The number of piperidine rings is 1. The minimum absolute atomic E-state index is 0.346. The molecule has 1 unspecified atom stereocenters. The van der Waals surface area contributed by atoms with Crippen LogP contribution in [-0.4, -0.2) is 31.3 Å². The van der Waals surface area contributed by atoms with E-state index in [0.29, 0.717) is 6.10 Å². The molecule has 0 aromatic carbocycles. The van der Waals surface area contributed by atoms with Crippen molar-refractivity contribution in [2.24, 2.45) is 0 Å². The van der Waals surface area contributed by atoms with Gasteiger partial charge in [-0.2, -0.15) is 0 Å². The molecule has 4 heteroatoms. The summed E-state index contributed by atoms with van der Waals surface area (Å²) in [6.45, 7) is 4.13. The highest BCUT2D eigenvalue weighted by molar-refractivity contribution is 9.10. The lowest BCUT2D eigenvalue weighted by Gasteiger charge is -2.33. The maximum atomic E-state index is 5.43. The minimum Gasteiger partial charge on any atom is -0.380 e.